The van der Waals surface area contributed by atoms with Crippen LogP contribution in [0.25, 0.3) is 6.08 Å². The Morgan fingerprint density at radius 3 is 2.07 bits per heavy atom. The zero-order chi connectivity index (χ0) is 21.0. The van der Waals surface area contributed by atoms with Crippen molar-refractivity contribution < 1.29 is 27.2 Å². The van der Waals surface area contributed by atoms with E-state index in [1.165, 1.54) is 52.3 Å². The van der Waals surface area contributed by atoms with Crippen molar-refractivity contribution >= 4 is 17.9 Å². The Hall–Kier alpha value is -3.16. The second-order valence-corrected chi connectivity index (χ2v) is 6.55. The Labute approximate surface area is 165 Å². The predicted octanol–water partition coefficient (Wildman–Crippen LogP) is 3.84. The van der Waals surface area contributed by atoms with Crippen molar-refractivity contribution in [1.29, 1.82) is 0 Å². The lowest BCUT2D eigenvalue weighted by Gasteiger charge is -2.34. The van der Waals surface area contributed by atoms with Crippen LogP contribution in [0.5, 0.6) is 0 Å². The maximum Gasteiger partial charge on any atom is 0.417 e. The van der Waals surface area contributed by atoms with Gasteiger partial charge in [0, 0.05) is 32.3 Å². The molecular weight excluding hydrogens is 388 g/mol. The van der Waals surface area contributed by atoms with Gasteiger partial charge in [0.15, 0.2) is 0 Å². The maximum absolute atomic E-state index is 13.1. The minimum Gasteiger partial charge on any atom is -0.336 e. The Kier molecular flexibility index (Phi) is 6.00. The van der Waals surface area contributed by atoms with Gasteiger partial charge in [0.25, 0.3) is 5.91 Å². The number of hydrogen-bond acceptors (Lipinski definition) is 2. The molecule has 0 saturated carbocycles. The molecule has 1 saturated heterocycles. The summed E-state index contributed by atoms with van der Waals surface area (Å²) in [5.74, 6) is -1.36. The molecule has 0 spiro atoms. The summed E-state index contributed by atoms with van der Waals surface area (Å²) >= 11 is 0. The standard InChI is InChI=1S/C21H18F4N2O2/c22-16-8-5-15(6-9-16)7-10-19(28)26-11-13-27(14-12-26)20(29)17-3-1-2-4-18(17)21(23,24)25/h1-10H,11-14H2. The summed E-state index contributed by atoms with van der Waals surface area (Å²) < 4.78 is 52.3. The fourth-order valence-corrected chi connectivity index (χ4v) is 3.06. The molecule has 0 unspecified atom stereocenters. The van der Waals surface area contributed by atoms with E-state index in [-0.39, 0.29) is 37.9 Å². The van der Waals surface area contributed by atoms with Crippen molar-refractivity contribution in [2.75, 3.05) is 26.2 Å². The molecule has 2 aromatic carbocycles. The smallest absolute Gasteiger partial charge is 0.336 e. The molecule has 0 bridgehead atoms. The van der Waals surface area contributed by atoms with E-state index in [0.717, 1.165) is 12.1 Å². The van der Waals surface area contributed by atoms with Crippen LogP contribution in [0, 0.1) is 5.82 Å². The van der Waals surface area contributed by atoms with Gasteiger partial charge in [-0.2, -0.15) is 13.2 Å². The molecule has 0 atom stereocenters. The van der Waals surface area contributed by atoms with E-state index < -0.39 is 23.2 Å². The summed E-state index contributed by atoms with van der Waals surface area (Å²) in [6.45, 7) is 0.710. The summed E-state index contributed by atoms with van der Waals surface area (Å²) in [4.78, 5) is 27.7. The zero-order valence-electron chi connectivity index (χ0n) is 15.3. The molecule has 1 fully saturated rings. The number of nitrogens with zero attached hydrogens (tertiary/aromatic N) is 2. The normalized spacial score (nSPS) is 15.0. The fraction of sp³-hybridized carbons (Fsp3) is 0.238. The first-order chi connectivity index (χ1) is 13.8. The van der Waals surface area contributed by atoms with Gasteiger partial charge in [-0.1, -0.05) is 24.3 Å². The number of halogens is 4. The van der Waals surface area contributed by atoms with Crippen LogP contribution in [-0.4, -0.2) is 47.8 Å². The van der Waals surface area contributed by atoms with Gasteiger partial charge in [0.2, 0.25) is 5.91 Å². The largest absolute Gasteiger partial charge is 0.417 e. The van der Waals surface area contributed by atoms with Gasteiger partial charge in [0.1, 0.15) is 5.82 Å². The SMILES string of the molecule is O=C(C=Cc1ccc(F)cc1)N1CCN(C(=O)c2ccccc2C(F)(F)F)CC1. The Morgan fingerprint density at radius 2 is 1.45 bits per heavy atom. The molecule has 1 aliphatic heterocycles. The van der Waals surface area contributed by atoms with Crippen molar-refractivity contribution in [1.82, 2.24) is 9.80 Å². The van der Waals surface area contributed by atoms with Crippen LogP contribution in [0.15, 0.2) is 54.6 Å². The Bertz CT molecular complexity index is 915. The van der Waals surface area contributed by atoms with Crippen molar-refractivity contribution in [3.05, 3.63) is 77.1 Å². The van der Waals surface area contributed by atoms with Gasteiger partial charge >= 0.3 is 6.18 Å². The molecule has 0 N–H and O–H groups in total. The number of amides is 2. The number of carbonyl (C=O) groups excluding carboxylic acids is 2. The van der Waals surface area contributed by atoms with Gasteiger partial charge in [-0.25, -0.2) is 4.39 Å². The highest BCUT2D eigenvalue weighted by atomic mass is 19.4. The van der Waals surface area contributed by atoms with Crippen LogP contribution < -0.4 is 0 Å². The van der Waals surface area contributed by atoms with Crippen LogP contribution in [0.1, 0.15) is 21.5 Å². The van der Waals surface area contributed by atoms with Crippen LogP contribution in [-0.2, 0) is 11.0 Å². The first-order valence-corrected chi connectivity index (χ1v) is 8.94. The van der Waals surface area contributed by atoms with Gasteiger partial charge in [0.05, 0.1) is 11.1 Å². The highest BCUT2D eigenvalue weighted by Gasteiger charge is 2.36. The first-order valence-electron chi connectivity index (χ1n) is 8.94. The number of rotatable bonds is 3. The maximum atomic E-state index is 13.1. The molecule has 3 rings (SSSR count). The predicted molar refractivity (Wildman–Crippen MR) is 99.4 cm³/mol. The number of piperazine rings is 1. The third-order valence-electron chi connectivity index (χ3n) is 4.63. The molecule has 2 amide bonds. The summed E-state index contributed by atoms with van der Waals surface area (Å²) in [6.07, 6.45) is -1.71. The van der Waals surface area contributed by atoms with E-state index in [2.05, 4.69) is 0 Å². The van der Waals surface area contributed by atoms with Gasteiger partial charge < -0.3 is 9.80 Å². The summed E-state index contributed by atoms with van der Waals surface area (Å²) in [6, 6.07) is 10.3. The highest BCUT2D eigenvalue weighted by Crippen LogP contribution is 2.32. The molecule has 0 radical (unpaired) electrons. The second-order valence-electron chi connectivity index (χ2n) is 6.55. The Balaban J connectivity index is 1.61. The van der Waals surface area contributed by atoms with E-state index >= 15 is 0 Å². The zero-order valence-corrected chi connectivity index (χ0v) is 15.3. The highest BCUT2D eigenvalue weighted by molar-refractivity contribution is 5.96. The molecule has 4 nitrogen and oxygen atoms in total. The van der Waals surface area contributed by atoms with Crippen LogP contribution in [0.2, 0.25) is 0 Å². The topological polar surface area (TPSA) is 40.6 Å². The summed E-state index contributed by atoms with van der Waals surface area (Å²) in [5.41, 5.74) is -0.695. The molecule has 1 aliphatic rings. The quantitative estimate of drug-likeness (QED) is 0.574. The van der Waals surface area contributed by atoms with Gasteiger partial charge in [-0.3, -0.25) is 9.59 Å². The number of hydrogen-bond donors (Lipinski definition) is 0. The average molecular weight is 406 g/mol. The van der Waals surface area contributed by atoms with Crippen molar-refractivity contribution in [3.63, 3.8) is 0 Å². The molecular formula is C21H18F4N2O2. The van der Waals surface area contributed by atoms with E-state index in [1.807, 2.05) is 0 Å². The molecule has 152 valence electrons. The van der Waals surface area contributed by atoms with E-state index in [4.69, 9.17) is 0 Å². The molecule has 29 heavy (non-hydrogen) atoms. The first kappa shape index (κ1) is 20.6. The van der Waals surface area contributed by atoms with Gasteiger partial charge in [-0.15, -0.1) is 0 Å². The second kappa shape index (κ2) is 8.46. The third kappa shape index (κ3) is 5.01. The van der Waals surface area contributed by atoms with Crippen LogP contribution >= 0.6 is 0 Å². The number of alkyl halides is 3. The van der Waals surface area contributed by atoms with Crippen molar-refractivity contribution in [2.45, 2.75) is 6.18 Å². The monoisotopic (exact) mass is 406 g/mol. The minimum atomic E-state index is -4.62. The van der Waals surface area contributed by atoms with E-state index in [1.54, 1.807) is 6.08 Å². The van der Waals surface area contributed by atoms with Crippen molar-refractivity contribution in [2.24, 2.45) is 0 Å². The molecule has 0 aromatic heterocycles. The van der Waals surface area contributed by atoms with Crippen LogP contribution in [0.4, 0.5) is 17.6 Å². The molecule has 2 aromatic rings. The summed E-state index contributed by atoms with van der Waals surface area (Å²) in [7, 11) is 0. The minimum absolute atomic E-state index is 0.140. The lowest BCUT2D eigenvalue weighted by atomic mass is 10.1. The average Bonchev–Trinajstić information content (AvgIpc) is 2.72. The summed E-state index contributed by atoms with van der Waals surface area (Å²) in [5, 5.41) is 0. The van der Waals surface area contributed by atoms with Crippen LogP contribution in [0.3, 0.4) is 0 Å². The lowest BCUT2D eigenvalue weighted by Crippen LogP contribution is -2.50. The molecule has 8 heteroatoms. The van der Waals surface area contributed by atoms with Crippen molar-refractivity contribution in [3.8, 4) is 0 Å². The van der Waals surface area contributed by atoms with Gasteiger partial charge in [-0.05, 0) is 35.9 Å². The van der Waals surface area contributed by atoms with E-state index in [0.29, 0.717) is 5.56 Å². The third-order valence-corrected chi connectivity index (χ3v) is 4.63. The Morgan fingerprint density at radius 1 is 0.862 bits per heavy atom. The molecule has 0 aliphatic carbocycles. The molecule has 1 heterocycles. The number of benzene rings is 2. The number of carbonyl (C=O) groups is 2. The fourth-order valence-electron chi connectivity index (χ4n) is 3.06. The van der Waals surface area contributed by atoms with E-state index in [9.17, 15) is 27.2 Å². The lowest BCUT2D eigenvalue weighted by molar-refractivity contribution is -0.138.